The van der Waals surface area contributed by atoms with Crippen molar-refractivity contribution in [3.05, 3.63) is 0 Å². The molecule has 0 aromatic carbocycles. The zero-order valence-electron chi connectivity index (χ0n) is 14.4. The second-order valence-electron chi connectivity index (χ2n) is 7.79. The number of rotatable bonds is 7. The number of hydrogen-bond donors (Lipinski definition) is 3. The molecule has 2 aliphatic rings. The molecule has 0 aromatic heterocycles. The summed E-state index contributed by atoms with van der Waals surface area (Å²) in [6.07, 6.45) is 4.51. The standard InChI is InChI=1S/C17H33N3O2/c1-13-9-14(2)11-20(10-13)8-4-7-18-16(22)19-17(3,12-21)15-5-6-15/h13-15,21H,4-12H2,1-3H3,(H2,18,19,22). The van der Waals surface area contributed by atoms with Crippen LogP contribution >= 0.6 is 0 Å². The molecule has 0 spiro atoms. The van der Waals surface area contributed by atoms with Crippen LogP contribution in [0.5, 0.6) is 0 Å². The lowest BCUT2D eigenvalue weighted by atomic mass is 9.92. The average Bonchev–Trinajstić information content (AvgIpc) is 3.27. The molecule has 3 atom stereocenters. The van der Waals surface area contributed by atoms with E-state index in [1.165, 1.54) is 19.5 Å². The van der Waals surface area contributed by atoms with Crippen molar-refractivity contribution in [2.45, 2.75) is 52.0 Å². The first-order chi connectivity index (χ1) is 10.4. The maximum absolute atomic E-state index is 12.0. The maximum Gasteiger partial charge on any atom is 0.315 e. The number of likely N-dealkylation sites (tertiary alicyclic amines) is 1. The molecule has 5 nitrogen and oxygen atoms in total. The van der Waals surface area contributed by atoms with E-state index in [2.05, 4.69) is 29.4 Å². The number of nitrogens with zero attached hydrogens (tertiary/aromatic N) is 1. The highest BCUT2D eigenvalue weighted by Crippen LogP contribution is 2.39. The average molecular weight is 311 g/mol. The van der Waals surface area contributed by atoms with Gasteiger partial charge in [0.15, 0.2) is 0 Å². The molecule has 1 heterocycles. The van der Waals surface area contributed by atoms with Gasteiger partial charge in [0.05, 0.1) is 12.1 Å². The first-order valence-corrected chi connectivity index (χ1v) is 8.82. The Bertz CT molecular complexity index is 363. The van der Waals surface area contributed by atoms with Crippen LogP contribution in [-0.2, 0) is 0 Å². The largest absolute Gasteiger partial charge is 0.394 e. The number of aliphatic hydroxyl groups is 1. The zero-order chi connectivity index (χ0) is 16.2. The second kappa shape index (κ2) is 7.64. The molecule has 22 heavy (non-hydrogen) atoms. The normalized spacial score (nSPS) is 28.9. The zero-order valence-corrected chi connectivity index (χ0v) is 14.4. The van der Waals surface area contributed by atoms with Gasteiger partial charge in [0.1, 0.15) is 0 Å². The van der Waals surface area contributed by atoms with E-state index in [0.717, 1.165) is 37.6 Å². The quantitative estimate of drug-likeness (QED) is 0.628. The number of urea groups is 1. The van der Waals surface area contributed by atoms with Gasteiger partial charge in [0.25, 0.3) is 0 Å². The Morgan fingerprint density at radius 1 is 1.27 bits per heavy atom. The van der Waals surface area contributed by atoms with E-state index < -0.39 is 5.54 Å². The van der Waals surface area contributed by atoms with E-state index in [1.54, 1.807) is 0 Å². The smallest absolute Gasteiger partial charge is 0.315 e. The minimum atomic E-state index is -0.457. The monoisotopic (exact) mass is 311 g/mol. The number of piperidine rings is 1. The first-order valence-electron chi connectivity index (χ1n) is 8.82. The fourth-order valence-electron chi connectivity index (χ4n) is 3.77. The Morgan fingerprint density at radius 2 is 1.91 bits per heavy atom. The predicted octanol–water partition coefficient (Wildman–Crippen LogP) is 1.81. The number of hydrogen-bond acceptors (Lipinski definition) is 3. The van der Waals surface area contributed by atoms with E-state index in [1.807, 2.05) is 6.92 Å². The molecule has 0 radical (unpaired) electrons. The topological polar surface area (TPSA) is 64.6 Å². The van der Waals surface area contributed by atoms with Gasteiger partial charge < -0.3 is 20.6 Å². The molecular formula is C17H33N3O2. The highest BCUT2D eigenvalue weighted by molar-refractivity contribution is 5.74. The van der Waals surface area contributed by atoms with Crippen LogP contribution in [0.15, 0.2) is 0 Å². The molecule has 1 saturated heterocycles. The third-order valence-corrected chi connectivity index (χ3v) is 5.09. The first kappa shape index (κ1) is 17.5. The molecule has 2 fully saturated rings. The second-order valence-corrected chi connectivity index (χ2v) is 7.79. The van der Waals surface area contributed by atoms with Gasteiger partial charge >= 0.3 is 6.03 Å². The van der Waals surface area contributed by atoms with Gasteiger partial charge in [-0.25, -0.2) is 4.79 Å². The van der Waals surface area contributed by atoms with Crippen molar-refractivity contribution in [1.29, 1.82) is 0 Å². The predicted molar refractivity (Wildman–Crippen MR) is 88.8 cm³/mol. The summed E-state index contributed by atoms with van der Waals surface area (Å²) in [5.74, 6) is 1.99. The molecule has 2 rings (SSSR count). The Balaban J connectivity index is 1.61. The van der Waals surface area contributed by atoms with Gasteiger partial charge in [-0.2, -0.15) is 0 Å². The Hall–Kier alpha value is -0.810. The van der Waals surface area contributed by atoms with E-state index >= 15 is 0 Å². The number of aliphatic hydroxyl groups excluding tert-OH is 1. The van der Waals surface area contributed by atoms with Crippen LogP contribution in [-0.4, -0.2) is 54.4 Å². The summed E-state index contributed by atoms with van der Waals surface area (Å²) < 4.78 is 0. The molecule has 5 heteroatoms. The van der Waals surface area contributed by atoms with Crippen molar-refractivity contribution in [2.75, 3.05) is 32.8 Å². The van der Waals surface area contributed by atoms with E-state index in [0.29, 0.717) is 12.5 Å². The third kappa shape index (κ3) is 5.13. The van der Waals surface area contributed by atoms with Crippen LogP contribution in [0, 0.1) is 17.8 Å². The van der Waals surface area contributed by atoms with Crippen LogP contribution in [0.4, 0.5) is 4.79 Å². The van der Waals surface area contributed by atoms with Crippen LogP contribution in [0.1, 0.15) is 46.5 Å². The number of nitrogens with one attached hydrogen (secondary N) is 2. The SMILES string of the molecule is CC1CC(C)CN(CCCNC(=O)NC(C)(CO)C2CC2)C1. The van der Waals surface area contributed by atoms with Crippen molar-refractivity contribution in [2.24, 2.45) is 17.8 Å². The molecule has 2 amide bonds. The summed E-state index contributed by atoms with van der Waals surface area (Å²) in [5, 5.41) is 15.4. The minimum Gasteiger partial charge on any atom is -0.394 e. The van der Waals surface area contributed by atoms with Gasteiger partial charge in [0.2, 0.25) is 0 Å². The molecule has 3 unspecified atom stereocenters. The number of amides is 2. The summed E-state index contributed by atoms with van der Waals surface area (Å²) >= 11 is 0. The van der Waals surface area contributed by atoms with E-state index in [-0.39, 0.29) is 12.6 Å². The molecule has 1 saturated carbocycles. The van der Waals surface area contributed by atoms with E-state index in [4.69, 9.17) is 0 Å². The fraction of sp³-hybridized carbons (Fsp3) is 0.941. The van der Waals surface area contributed by atoms with Crippen molar-refractivity contribution >= 4 is 6.03 Å². The van der Waals surface area contributed by atoms with Gasteiger partial charge in [-0.05, 0) is 56.9 Å². The molecule has 0 bridgehead atoms. The fourth-order valence-corrected chi connectivity index (χ4v) is 3.77. The summed E-state index contributed by atoms with van der Waals surface area (Å²) in [5.41, 5.74) is -0.457. The molecular weight excluding hydrogens is 278 g/mol. The number of carbonyl (C=O) groups is 1. The number of carbonyl (C=O) groups excluding carboxylic acids is 1. The lowest BCUT2D eigenvalue weighted by molar-refractivity contribution is 0.139. The van der Waals surface area contributed by atoms with Gasteiger partial charge in [-0.1, -0.05) is 13.8 Å². The van der Waals surface area contributed by atoms with E-state index in [9.17, 15) is 9.90 Å². The van der Waals surface area contributed by atoms with Crippen molar-refractivity contribution in [3.63, 3.8) is 0 Å². The molecule has 1 aliphatic carbocycles. The van der Waals surface area contributed by atoms with Gasteiger partial charge in [-0.15, -0.1) is 0 Å². The van der Waals surface area contributed by atoms with Gasteiger partial charge in [0, 0.05) is 19.6 Å². The molecule has 1 aliphatic heterocycles. The summed E-state index contributed by atoms with van der Waals surface area (Å²) in [6.45, 7) is 10.7. The lowest BCUT2D eigenvalue weighted by Gasteiger charge is -2.35. The molecule has 0 aromatic rings. The summed E-state index contributed by atoms with van der Waals surface area (Å²) in [4.78, 5) is 14.5. The maximum atomic E-state index is 12.0. The highest BCUT2D eigenvalue weighted by Gasteiger charge is 2.42. The minimum absolute atomic E-state index is 0.00857. The Morgan fingerprint density at radius 3 is 2.45 bits per heavy atom. The third-order valence-electron chi connectivity index (χ3n) is 5.09. The highest BCUT2D eigenvalue weighted by atomic mass is 16.3. The lowest BCUT2D eigenvalue weighted by Crippen LogP contribution is -2.54. The Kier molecular flexibility index (Phi) is 6.09. The Labute approximate surface area is 134 Å². The van der Waals surface area contributed by atoms with Gasteiger partial charge in [-0.3, -0.25) is 0 Å². The van der Waals surface area contributed by atoms with Crippen LogP contribution in [0.3, 0.4) is 0 Å². The van der Waals surface area contributed by atoms with Crippen molar-refractivity contribution in [3.8, 4) is 0 Å². The van der Waals surface area contributed by atoms with Crippen LogP contribution in [0.25, 0.3) is 0 Å². The molecule has 3 N–H and O–H groups in total. The van der Waals surface area contributed by atoms with Crippen molar-refractivity contribution in [1.82, 2.24) is 15.5 Å². The van der Waals surface area contributed by atoms with Crippen LogP contribution < -0.4 is 10.6 Å². The summed E-state index contributed by atoms with van der Waals surface area (Å²) in [7, 11) is 0. The summed E-state index contributed by atoms with van der Waals surface area (Å²) in [6, 6.07) is -0.149. The van der Waals surface area contributed by atoms with Crippen molar-refractivity contribution < 1.29 is 9.90 Å². The molecule has 128 valence electrons. The van der Waals surface area contributed by atoms with Crippen LogP contribution in [0.2, 0.25) is 0 Å².